The largest absolute Gasteiger partial charge is 0.367 e. The fraction of sp³-hybridized carbons (Fsp3) is 0.778. The minimum atomic E-state index is 0.594. The molecule has 0 amide bonds. The topological polar surface area (TPSA) is 42.2 Å². The molecule has 0 bridgehead atoms. The van der Waals surface area contributed by atoms with Gasteiger partial charge in [-0.3, -0.25) is 0 Å². The van der Waals surface area contributed by atoms with Gasteiger partial charge in [0.15, 0.2) is 11.5 Å². The van der Waals surface area contributed by atoms with Crippen LogP contribution < -0.4 is 5.32 Å². The molecule has 2 aliphatic carbocycles. The molecule has 0 aliphatic heterocycles. The van der Waals surface area contributed by atoms with Crippen molar-refractivity contribution in [1.29, 1.82) is 0 Å². The molecule has 4 nitrogen and oxygen atoms in total. The summed E-state index contributed by atoms with van der Waals surface area (Å²) in [6, 6.07) is 0. The van der Waals surface area contributed by atoms with Gasteiger partial charge < -0.3 is 9.72 Å². The van der Waals surface area contributed by atoms with Gasteiger partial charge in [-0.2, -0.15) is 0 Å². The fourth-order valence-electron chi connectivity index (χ4n) is 5.77. The first-order valence-corrected chi connectivity index (χ1v) is 13.5. The molecule has 1 N–H and O–H groups in total. The average molecular weight is 425 g/mol. The number of nitrogens with zero attached hydrogens (tertiary/aromatic N) is 3. The van der Waals surface area contributed by atoms with Gasteiger partial charge >= 0.3 is 0 Å². The molecule has 0 atom stereocenters. The zero-order valence-electron chi connectivity index (χ0n) is 19.7. The number of anilines is 1. The summed E-state index contributed by atoms with van der Waals surface area (Å²) >= 11 is 0. The Morgan fingerprint density at radius 3 is 2.00 bits per heavy atom. The Kier molecular flexibility index (Phi) is 9.08. The van der Waals surface area contributed by atoms with E-state index in [2.05, 4.69) is 27.1 Å². The summed E-state index contributed by atoms with van der Waals surface area (Å²) in [4.78, 5) is 9.78. The summed E-state index contributed by atoms with van der Waals surface area (Å²) in [5.41, 5.74) is 2.26. The van der Waals surface area contributed by atoms with E-state index < -0.39 is 0 Å². The molecule has 0 saturated heterocycles. The molecule has 0 aromatic carbocycles. The molecule has 2 fully saturated rings. The number of hydrogen-bond acceptors (Lipinski definition) is 3. The zero-order valence-corrected chi connectivity index (χ0v) is 19.7. The lowest BCUT2D eigenvalue weighted by Gasteiger charge is -2.21. The Morgan fingerprint density at radius 1 is 0.774 bits per heavy atom. The van der Waals surface area contributed by atoms with Crippen LogP contribution in [0.3, 0.4) is 0 Å². The minimum absolute atomic E-state index is 0.594. The highest BCUT2D eigenvalue weighted by Gasteiger charge is 2.18. The van der Waals surface area contributed by atoms with Crippen LogP contribution in [0.2, 0.25) is 0 Å². The van der Waals surface area contributed by atoms with Crippen LogP contribution in [-0.2, 0) is 0 Å². The van der Waals surface area contributed by atoms with Gasteiger partial charge in [-0.25, -0.2) is 9.97 Å². The lowest BCUT2D eigenvalue weighted by Crippen LogP contribution is -2.14. The average Bonchev–Trinajstić information content (AvgIpc) is 3.21. The highest BCUT2D eigenvalue weighted by atomic mass is 15.1. The summed E-state index contributed by atoms with van der Waals surface area (Å²) in [5, 5.41) is 3.70. The molecule has 2 heterocycles. The SMILES string of the molecule is c1cn2cc(C3CCCCCCCCCC3)nc(NCCC3CCCCCCC3)c2n1. The Balaban J connectivity index is 1.42. The molecule has 0 radical (unpaired) electrons. The van der Waals surface area contributed by atoms with Gasteiger partial charge in [-0.1, -0.05) is 96.3 Å². The molecule has 172 valence electrons. The second-order valence-electron chi connectivity index (χ2n) is 10.2. The molecular weight excluding hydrogens is 380 g/mol. The van der Waals surface area contributed by atoms with Crippen LogP contribution in [0.1, 0.15) is 127 Å². The first-order valence-electron chi connectivity index (χ1n) is 13.5. The number of rotatable bonds is 5. The first-order chi connectivity index (χ1) is 15.4. The van der Waals surface area contributed by atoms with Crippen molar-refractivity contribution < 1.29 is 0 Å². The maximum atomic E-state index is 5.17. The standard InChI is InChI=1S/C27H44N4/c1-2-4-9-13-17-24(16-12-8-3-1)25-22-31-21-20-29-27(31)26(30-25)28-19-18-23-14-10-6-5-7-11-15-23/h20-24H,1-19H2,(H,28,30). The Labute approximate surface area is 189 Å². The molecule has 2 aliphatic rings. The van der Waals surface area contributed by atoms with E-state index in [-0.39, 0.29) is 0 Å². The summed E-state index contributed by atoms with van der Waals surface area (Å²) in [6.07, 6.45) is 31.2. The highest BCUT2D eigenvalue weighted by molar-refractivity contribution is 5.62. The Morgan fingerprint density at radius 2 is 1.35 bits per heavy atom. The van der Waals surface area contributed by atoms with Crippen molar-refractivity contribution in [2.45, 2.75) is 121 Å². The molecule has 2 saturated carbocycles. The van der Waals surface area contributed by atoms with Crippen LogP contribution in [0.15, 0.2) is 18.6 Å². The summed E-state index contributed by atoms with van der Waals surface area (Å²) in [5.74, 6) is 2.48. The number of hydrogen-bond donors (Lipinski definition) is 1. The molecule has 2 aromatic heterocycles. The summed E-state index contributed by atoms with van der Waals surface area (Å²) in [7, 11) is 0. The fourth-order valence-corrected chi connectivity index (χ4v) is 5.77. The van der Waals surface area contributed by atoms with E-state index in [9.17, 15) is 0 Å². The van der Waals surface area contributed by atoms with E-state index in [0.29, 0.717) is 5.92 Å². The lowest BCUT2D eigenvalue weighted by molar-refractivity contribution is 0.365. The van der Waals surface area contributed by atoms with Gasteiger partial charge in [0.05, 0.1) is 5.69 Å². The van der Waals surface area contributed by atoms with E-state index in [1.807, 2.05) is 6.20 Å². The van der Waals surface area contributed by atoms with E-state index in [0.717, 1.165) is 23.9 Å². The molecule has 0 unspecified atom stereocenters. The van der Waals surface area contributed by atoms with Crippen LogP contribution in [0.25, 0.3) is 5.65 Å². The van der Waals surface area contributed by atoms with Gasteiger partial charge in [-0.05, 0) is 25.2 Å². The van der Waals surface area contributed by atoms with Gasteiger partial charge in [0, 0.05) is 31.1 Å². The minimum Gasteiger partial charge on any atom is -0.367 e. The third-order valence-corrected chi connectivity index (χ3v) is 7.74. The number of nitrogens with one attached hydrogen (secondary N) is 1. The van der Waals surface area contributed by atoms with E-state index >= 15 is 0 Å². The lowest BCUT2D eigenvalue weighted by atomic mass is 9.89. The monoisotopic (exact) mass is 424 g/mol. The normalized spacial score (nSPS) is 21.3. The second kappa shape index (κ2) is 12.5. The molecule has 0 spiro atoms. The molecule has 4 rings (SSSR count). The van der Waals surface area contributed by atoms with E-state index in [4.69, 9.17) is 4.98 Å². The van der Waals surface area contributed by atoms with Gasteiger partial charge in [0.2, 0.25) is 0 Å². The van der Waals surface area contributed by atoms with Gasteiger partial charge in [0.25, 0.3) is 0 Å². The zero-order chi connectivity index (χ0) is 21.1. The van der Waals surface area contributed by atoms with Crippen molar-refractivity contribution >= 4 is 11.5 Å². The van der Waals surface area contributed by atoms with E-state index in [1.165, 1.54) is 121 Å². The Hall–Kier alpha value is -1.58. The highest BCUT2D eigenvalue weighted by Crippen LogP contribution is 2.30. The summed E-state index contributed by atoms with van der Waals surface area (Å²) in [6.45, 7) is 1.02. The van der Waals surface area contributed by atoms with Gasteiger partial charge in [0.1, 0.15) is 0 Å². The smallest absolute Gasteiger partial charge is 0.180 e. The maximum absolute atomic E-state index is 5.17. The predicted octanol–water partition coefficient (Wildman–Crippen LogP) is 7.89. The van der Waals surface area contributed by atoms with Crippen molar-refractivity contribution in [3.8, 4) is 0 Å². The molecular formula is C27H44N4. The van der Waals surface area contributed by atoms with Crippen molar-refractivity contribution in [2.24, 2.45) is 5.92 Å². The third-order valence-electron chi connectivity index (χ3n) is 7.74. The number of fused-ring (bicyclic) bond motifs is 1. The van der Waals surface area contributed by atoms with Crippen molar-refractivity contribution in [1.82, 2.24) is 14.4 Å². The van der Waals surface area contributed by atoms with Crippen LogP contribution in [-0.4, -0.2) is 20.9 Å². The quantitative estimate of drug-likeness (QED) is 0.530. The van der Waals surface area contributed by atoms with Gasteiger partial charge in [-0.15, -0.1) is 0 Å². The van der Waals surface area contributed by atoms with Crippen LogP contribution in [0.4, 0.5) is 5.82 Å². The number of aromatic nitrogens is 3. The van der Waals surface area contributed by atoms with Crippen LogP contribution >= 0.6 is 0 Å². The second-order valence-corrected chi connectivity index (χ2v) is 10.2. The van der Waals surface area contributed by atoms with Crippen LogP contribution in [0, 0.1) is 5.92 Å². The van der Waals surface area contributed by atoms with Crippen molar-refractivity contribution in [3.05, 3.63) is 24.3 Å². The summed E-state index contributed by atoms with van der Waals surface area (Å²) < 4.78 is 2.20. The third kappa shape index (κ3) is 6.95. The van der Waals surface area contributed by atoms with Crippen LogP contribution in [0.5, 0.6) is 0 Å². The predicted molar refractivity (Wildman–Crippen MR) is 131 cm³/mol. The van der Waals surface area contributed by atoms with E-state index in [1.54, 1.807) is 0 Å². The number of imidazole rings is 1. The van der Waals surface area contributed by atoms with Crippen molar-refractivity contribution in [3.63, 3.8) is 0 Å². The molecule has 31 heavy (non-hydrogen) atoms. The molecule has 2 aromatic rings. The Bertz CT molecular complexity index is 748. The van der Waals surface area contributed by atoms with Crippen molar-refractivity contribution in [2.75, 3.05) is 11.9 Å². The molecule has 4 heteroatoms. The maximum Gasteiger partial charge on any atom is 0.180 e. The first kappa shape index (κ1) is 22.6.